The third-order valence-electron chi connectivity index (χ3n) is 2.52. The van der Waals surface area contributed by atoms with Gasteiger partial charge in [-0.25, -0.2) is 0 Å². The maximum atomic E-state index is 11.1. The zero-order valence-corrected chi connectivity index (χ0v) is 10.8. The summed E-state index contributed by atoms with van der Waals surface area (Å²) < 4.78 is 4.98. The molecule has 0 aliphatic carbocycles. The normalized spacial score (nSPS) is 10.0. The number of hydrogen-bond acceptors (Lipinski definition) is 4. The van der Waals surface area contributed by atoms with Gasteiger partial charge in [0.05, 0.1) is 23.1 Å². The molecule has 0 amide bonds. The lowest BCUT2D eigenvalue weighted by Crippen LogP contribution is -1.98. The summed E-state index contributed by atoms with van der Waals surface area (Å²) in [6.07, 6.45) is 0. The third kappa shape index (κ3) is 2.95. The highest BCUT2D eigenvalue weighted by atomic mass is 35.5. The van der Waals surface area contributed by atoms with Crippen LogP contribution < -0.4 is 10.1 Å². The van der Waals surface area contributed by atoms with E-state index < -0.39 is 4.92 Å². The summed E-state index contributed by atoms with van der Waals surface area (Å²) in [6, 6.07) is 11.9. The Morgan fingerprint density at radius 1 is 1.26 bits per heavy atom. The van der Waals surface area contributed by atoms with Crippen LogP contribution >= 0.6 is 11.6 Å². The van der Waals surface area contributed by atoms with Crippen molar-refractivity contribution in [1.29, 1.82) is 0 Å². The molecule has 0 aliphatic heterocycles. The van der Waals surface area contributed by atoms with Crippen LogP contribution in [0, 0.1) is 10.1 Å². The Morgan fingerprint density at radius 2 is 1.95 bits per heavy atom. The van der Waals surface area contributed by atoms with Gasteiger partial charge in [-0.1, -0.05) is 29.8 Å². The summed E-state index contributed by atoms with van der Waals surface area (Å²) in [5.41, 5.74) is 0.971. The monoisotopic (exact) mass is 278 g/mol. The summed E-state index contributed by atoms with van der Waals surface area (Å²) in [6.45, 7) is 0. The number of hydrogen-bond donors (Lipinski definition) is 1. The van der Waals surface area contributed by atoms with Gasteiger partial charge in [-0.3, -0.25) is 10.1 Å². The Labute approximate surface area is 114 Å². The van der Waals surface area contributed by atoms with Crippen LogP contribution in [0.3, 0.4) is 0 Å². The molecule has 0 aliphatic rings. The van der Waals surface area contributed by atoms with E-state index in [4.69, 9.17) is 16.3 Å². The Hall–Kier alpha value is -2.27. The van der Waals surface area contributed by atoms with Crippen molar-refractivity contribution in [2.45, 2.75) is 0 Å². The van der Waals surface area contributed by atoms with Crippen molar-refractivity contribution < 1.29 is 9.66 Å². The Bertz CT molecular complexity index is 602. The van der Waals surface area contributed by atoms with Gasteiger partial charge >= 0.3 is 0 Å². The van der Waals surface area contributed by atoms with E-state index in [1.54, 1.807) is 0 Å². The first-order valence-corrected chi connectivity index (χ1v) is 5.83. The highest BCUT2D eigenvalue weighted by Gasteiger charge is 2.18. The summed E-state index contributed by atoms with van der Waals surface area (Å²) >= 11 is 5.98. The topological polar surface area (TPSA) is 64.4 Å². The number of para-hydroxylation sites is 1. The summed E-state index contributed by atoms with van der Waals surface area (Å²) in [4.78, 5) is 10.6. The second-order valence-corrected chi connectivity index (χ2v) is 4.16. The number of nitro benzene ring substituents is 1. The first-order chi connectivity index (χ1) is 9.11. The minimum atomic E-state index is -0.482. The number of nitrogens with one attached hydrogen (secondary N) is 1. The predicted molar refractivity (Wildman–Crippen MR) is 74.4 cm³/mol. The van der Waals surface area contributed by atoms with E-state index in [1.807, 2.05) is 30.3 Å². The lowest BCUT2D eigenvalue weighted by atomic mass is 10.2. The smallest absolute Gasteiger partial charge is 0.296 e. The molecule has 5 nitrogen and oxygen atoms in total. The summed E-state index contributed by atoms with van der Waals surface area (Å²) in [7, 11) is 1.41. The second kappa shape index (κ2) is 5.58. The standard InChI is InChI=1S/C13H11ClN2O3/c1-19-13-8-12(16(17)18)11(7-10(13)14)15-9-5-3-2-4-6-9/h2-8,15H,1H3. The van der Waals surface area contributed by atoms with Gasteiger partial charge in [0.1, 0.15) is 11.4 Å². The molecule has 0 spiro atoms. The van der Waals surface area contributed by atoms with Crippen LogP contribution in [0.25, 0.3) is 0 Å². The number of halogens is 1. The maximum Gasteiger partial charge on any atom is 0.296 e. The molecule has 2 aromatic carbocycles. The number of ether oxygens (including phenoxy) is 1. The fraction of sp³-hybridized carbons (Fsp3) is 0.0769. The number of nitrogens with zero attached hydrogens (tertiary/aromatic N) is 1. The van der Waals surface area contributed by atoms with E-state index in [1.165, 1.54) is 19.2 Å². The molecule has 2 rings (SSSR count). The van der Waals surface area contributed by atoms with E-state index in [9.17, 15) is 10.1 Å². The van der Waals surface area contributed by atoms with Crippen LogP contribution in [0.4, 0.5) is 17.1 Å². The van der Waals surface area contributed by atoms with E-state index in [-0.39, 0.29) is 11.4 Å². The molecule has 98 valence electrons. The van der Waals surface area contributed by atoms with Crippen molar-refractivity contribution >= 4 is 28.7 Å². The van der Waals surface area contributed by atoms with Gasteiger partial charge in [0.25, 0.3) is 5.69 Å². The van der Waals surface area contributed by atoms with Crippen molar-refractivity contribution in [3.8, 4) is 5.75 Å². The number of methoxy groups -OCH3 is 1. The molecule has 0 unspecified atom stereocenters. The fourth-order valence-electron chi connectivity index (χ4n) is 1.63. The van der Waals surface area contributed by atoms with E-state index in [0.717, 1.165) is 5.69 Å². The minimum absolute atomic E-state index is 0.0925. The highest BCUT2D eigenvalue weighted by Crippen LogP contribution is 2.36. The van der Waals surface area contributed by atoms with E-state index in [0.29, 0.717) is 10.7 Å². The van der Waals surface area contributed by atoms with Gasteiger partial charge in [0.15, 0.2) is 0 Å². The number of rotatable bonds is 4. The van der Waals surface area contributed by atoms with Gasteiger partial charge in [-0.05, 0) is 18.2 Å². The molecule has 2 aromatic rings. The van der Waals surface area contributed by atoms with Crippen LogP contribution in [0.15, 0.2) is 42.5 Å². The number of nitro groups is 1. The Kier molecular flexibility index (Phi) is 3.87. The largest absolute Gasteiger partial charge is 0.495 e. The third-order valence-corrected chi connectivity index (χ3v) is 2.81. The SMILES string of the molecule is COc1cc([N+](=O)[O-])c(Nc2ccccc2)cc1Cl. The average molecular weight is 279 g/mol. The molecule has 0 radical (unpaired) electrons. The molecular formula is C13H11ClN2O3. The molecule has 1 N–H and O–H groups in total. The van der Waals surface area contributed by atoms with Crippen molar-refractivity contribution in [2.75, 3.05) is 12.4 Å². The van der Waals surface area contributed by atoms with Crippen molar-refractivity contribution in [3.63, 3.8) is 0 Å². The molecule has 0 aromatic heterocycles. The number of anilines is 2. The summed E-state index contributed by atoms with van der Waals surface area (Å²) in [5.74, 6) is 0.270. The molecule has 0 fully saturated rings. The number of benzene rings is 2. The van der Waals surface area contributed by atoms with Crippen molar-refractivity contribution in [1.82, 2.24) is 0 Å². The quantitative estimate of drug-likeness (QED) is 0.678. The van der Waals surface area contributed by atoms with E-state index in [2.05, 4.69) is 5.32 Å². The lowest BCUT2D eigenvalue weighted by Gasteiger charge is -2.09. The van der Waals surface area contributed by atoms with Gasteiger partial charge in [0, 0.05) is 5.69 Å². The zero-order valence-electron chi connectivity index (χ0n) is 10.1. The Morgan fingerprint density at radius 3 is 2.53 bits per heavy atom. The van der Waals surface area contributed by atoms with Crippen molar-refractivity contribution in [2.24, 2.45) is 0 Å². The average Bonchev–Trinajstić information content (AvgIpc) is 2.39. The van der Waals surface area contributed by atoms with Gasteiger partial charge in [-0.15, -0.1) is 0 Å². The van der Waals surface area contributed by atoms with Gasteiger partial charge in [0.2, 0.25) is 0 Å². The maximum absolute atomic E-state index is 11.1. The first kappa shape index (κ1) is 13.2. The zero-order chi connectivity index (χ0) is 13.8. The minimum Gasteiger partial charge on any atom is -0.495 e. The Balaban J connectivity index is 2.44. The van der Waals surface area contributed by atoms with Crippen LogP contribution in [0.2, 0.25) is 5.02 Å². The molecule has 0 saturated carbocycles. The molecule has 0 heterocycles. The van der Waals surface area contributed by atoms with Crippen LogP contribution in [-0.2, 0) is 0 Å². The van der Waals surface area contributed by atoms with Gasteiger partial charge < -0.3 is 10.1 Å². The molecule has 6 heteroatoms. The van der Waals surface area contributed by atoms with Crippen LogP contribution in [0.1, 0.15) is 0 Å². The van der Waals surface area contributed by atoms with Crippen LogP contribution in [0.5, 0.6) is 5.75 Å². The van der Waals surface area contributed by atoms with Gasteiger partial charge in [-0.2, -0.15) is 0 Å². The van der Waals surface area contributed by atoms with Crippen LogP contribution in [-0.4, -0.2) is 12.0 Å². The summed E-state index contributed by atoms with van der Waals surface area (Å²) in [5, 5.41) is 14.3. The fourth-order valence-corrected chi connectivity index (χ4v) is 1.87. The molecule has 0 bridgehead atoms. The highest BCUT2D eigenvalue weighted by molar-refractivity contribution is 6.32. The molecule has 19 heavy (non-hydrogen) atoms. The van der Waals surface area contributed by atoms with Crippen molar-refractivity contribution in [3.05, 3.63) is 57.6 Å². The van der Waals surface area contributed by atoms with E-state index >= 15 is 0 Å². The second-order valence-electron chi connectivity index (χ2n) is 3.75. The molecule has 0 atom stereocenters. The first-order valence-electron chi connectivity index (χ1n) is 5.46. The molecule has 0 saturated heterocycles. The molecular weight excluding hydrogens is 268 g/mol. The predicted octanol–water partition coefficient (Wildman–Crippen LogP) is 4.00. The lowest BCUT2D eigenvalue weighted by molar-refractivity contribution is -0.384.